The molecule has 4 nitrogen and oxygen atoms in total. The van der Waals surface area contributed by atoms with Crippen molar-refractivity contribution in [1.82, 2.24) is 0 Å². The maximum atomic E-state index is 12.6. The van der Waals surface area contributed by atoms with Crippen molar-refractivity contribution < 1.29 is 23.8 Å². The molecule has 0 spiro atoms. The quantitative estimate of drug-likeness (QED) is 0.791. The third-order valence-electron chi connectivity index (χ3n) is 2.19. The number of esters is 1. The number of alkyl halides is 1. The van der Waals surface area contributed by atoms with E-state index in [0.29, 0.717) is 5.75 Å². The van der Waals surface area contributed by atoms with Crippen LogP contribution in [0.3, 0.4) is 0 Å². The molecule has 0 aliphatic carbocycles. The maximum absolute atomic E-state index is 12.6. The monoisotopic (exact) mass is 228 g/mol. The minimum atomic E-state index is -1.40. The highest BCUT2D eigenvalue weighted by molar-refractivity contribution is 5.76. The van der Waals surface area contributed by atoms with E-state index in [0.717, 1.165) is 0 Å². The number of carbonyl (C=O) groups is 1. The molecule has 16 heavy (non-hydrogen) atoms. The molecule has 1 atom stereocenters. The molecule has 1 aromatic carbocycles. The summed E-state index contributed by atoms with van der Waals surface area (Å²) in [4.78, 5) is 11.1. The van der Waals surface area contributed by atoms with E-state index in [-0.39, 0.29) is 11.1 Å². The maximum Gasteiger partial charge on any atom is 0.339 e. The first-order valence-electron chi connectivity index (χ1n) is 4.62. The van der Waals surface area contributed by atoms with E-state index < -0.39 is 18.7 Å². The minimum absolute atomic E-state index is 0.278. The molecule has 0 aromatic heterocycles. The number of hydrogen-bond acceptors (Lipinski definition) is 4. The summed E-state index contributed by atoms with van der Waals surface area (Å²) in [6.45, 7) is -0.731. The van der Waals surface area contributed by atoms with E-state index in [1.54, 1.807) is 0 Å². The standard InChI is InChI=1S/C11H13FO4/c1-15-9-4-3-7(5-8(9)6-12)10(13)11(14)16-2/h3-5,10,13H,6H2,1-2H3. The van der Waals surface area contributed by atoms with Crippen LogP contribution in [0.1, 0.15) is 17.2 Å². The minimum Gasteiger partial charge on any atom is -0.496 e. The summed E-state index contributed by atoms with van der Waals surface area (Å²) in [5, 5.41) is 9.53. The second-order valence-electron chi connectivity index (χ2n) is 3.13. The Balaban J connectivity index is 3.03. The lowest BCUT2D eigenvalue weighted by atomic mass is 10.1. The summed E-state index contributed by atoms with van der Waals surface area (Å²) >= 11 is 0. The van der Waals surface area contributed by atoms with Crippen molar-refractivity contribution in [1.29, 1.82) is 0 Å². The van der Waals surface area contributed by atoms with Gasteiger partial charge in [0.15, 0.2) is 6.10 Å². The predicted molar refractivity (Wildman–Crippen MR) is 54.8 cm³/mol. The van der Waals surface area contributed by atoms with E-state index in [1.165, 1.54) is 32.4 Å². The Morgan fingerprint density at radius 3 is 2.69 bits per heavy atom. The molecule has 1 unspecified atom stereocenters. The first-order chi connectivity index (χ1) is 7.63. The lowest BCUT2D eigenvalue weighted by molar-refractivity contribution is -0.150. The van der Waals surface area contributed by atoms with Gasteiger partial charge in [-0.3, -0.25) is 0 Å². The molecule has 0 saturated carbocycles. The van der Waals surface area contributed by atoms with Crippen molar-refractivity contribution in [2.24, 2.45) is 0 Å². The highest BCUT2D eigenvalue weighted by Crippen LogP contribution is 2.24. The van der Waals surface area contributed by atoms with Crippen molar-refractivity contribution in [2.75, 3.05) is 14.2 Å². The van der Waals surface area contributed by atoms with Gasteiger partial charge in [0.1, 0.15) is 12.4 Å². The van der Waals surface area contributed by atoms with E-state index in [4.69, 9.17) is 4.74 Å². The molecule has 0 bridgehead atoms. The van der Waals surface area contributed by atoms with Crippen molar-refractivity contribution >= 4 is 5.97 Å². The predicted octanol–water partition coefficient (Wildman–Crippen LogP) is 1.37. The van der Waals surface area contributed by atoms with E-state index in [2.05, 4.69) is 4.74 Å². The van der Waals surface area contributed by atoms with Crippen LogP contribution in [0.4, 0.5) is 4.39 Å². The molecule has 0 aliphatic rings. The van der Waals surface area contributed by atoms with Gasteiger partial charge in [-0.15, -0.1) is 0 Å². The number of rotatable bonds is 4. The van der Waals surface area contributed by atoms with Crippen LogP contribution >= 0.6 is 0 Å². The molecular formula is C11H13FO4. The normalized spacial score (nSPS) is 12.0. The van der Waals surface area contributed by atoms with Gasteiger partial charge in [-0.1, -0.05) is 6.07 Å². The SMILES string of the molecule is COC(=O)C(O)c1ccc(OC)c(CF)c1. The second kappa shape index (κ2) is 5.46. The summed E-state index contributed by atoms with van der Waals surface area (Å²) < 4.78 is 21.9. The summed E-state index contributed by atoms with van der Waals surface area (Å²) in [5.74, 6) is -0.404. The Labute approximate surface area is 92.6 Å². The van der Waals surface area contributed by atoms with Crippen LogP contribution in [0, 0.1) is 0 Å². The van der Waals surface area contributed by atoms with Gasteiger partial charge in [-0.25, -0.2) is 9.18 Å². The van der Waals surface area contributed by atoms with Crippen molar-refractivity contribution in [3.63, 3.8) is 0 Å². The Morgan fingerprint density at radius 2 is 2.19 bits per heavy atom. The first kappa shape index (κ1) is 12.4. The van der Waals surface area contributed by atoms with Crippen molar-refractivity contribution in [3.05, 3.63) is 29.3 Å². The molecule has 1 N–H and O–H groups in total. The zero-order valence-corrected chi connectivity index (χ0v) is 9.07. The summed E-state index contributed by atoms with van der Waals surface area (Å²) in [6, 6.07) is 4.36. The van der Waals surface area contributed by atoms with E-state index >= 15 is 0 Å². The van der Waals surface area contributed by atoms with Gasteiger partial charge in [0.05, 0.1) is 14.2 Å². The Morgan fingerprint density at radius 1 is 1.50 bits per heavy atom. The molecule has 88 valence electrons. The molecule has 0 heterocycles. The van der Waals surface area contributed by atoms with Gasteiger partial charge in [0.25, 0.3) is 0 Å². The molecule has 0 fully saturated rings. The molecular weight excluding hydrogens is 215 g/mol. The zero-order valence-electron chi connectivity index (χ0n) is 9.07. The highest BCUT2D eigenvalue weighted by Gasteiger charge is 2.19. The number of benzene rings is 1. The summed E-state index contributed by atoms with van der Waals surface area (Å²) in [6.07, 6.45) is -1.40. The van der Waals surface area contributed by atoms with Gasteiger partial charge >= 0.3 is 5.97 Å². The average molecular weight is 228 g/mol. The number of halogens is 1. The molecule has 0 aliphatic heterocycles. The first-order valence-corrected chi connectivity index (χ1v) is 4.62. The van der Waals surface area contributed by atoms with Gasteiger partial charge in [-0.2, -0.15) is 0 Å². The third-order valence-corrected chi connectivity index (χ3v) is 2.19. The van der Waals surface area contributed by atoms with Crippen LogP contribution in [-0.4, -0.2) is 25.3 Å². The lowest BCUT2D eigenvalue weighted by Crippen LogP contribution is -2.13. The van der Waals surface area contributed by atoms with Gasteiger partial charge in [0.2, 0.25) is 0 Å². The van der Waals surface area contributed by atoms with Crippen LogP contribution in [0.2, 0.25) is 0 Å². The average Bonchev–Trinajstić information content (AvgIpc) is 2.35. The van der Waals surface area contributed by atoms with Crippen molar-refractivity contribution in [3.8, 4) is 5.75 Å². The smallest absolute Gasteiger partial charge is 0.339 e. The van der Waals surface area contributed by atoms with Crippen molar-refractivity contribution in [2.45, 2.75) is 12.8 Å². The number of ether oxygens (including phenoxy) is 2. The van der Waals surface area contributed by atoms with Crippen LogP contribution < -0.4 is 4.74 Å². The van der Waals surface area contributed by atoms with Crippen LogP contribution in [0.15, 0.2) is 18.2 Å². The largest absolute Gasteiger partial charge is 0.496 e. The Bertz CT molecular complexity index is 378. The number of methoxy groups -OCH3 is 2. The molecule has 0 saturated heterocycles. The topological polar surface area (TPSA) is 55.8 Å². The molecule has 1 aromatic rings. The zero-order chi connectivity index (χ0) is 12.1. The molecule has 1 rings (SSSR count). The number of aliphatic hydroxyl groups excluding tert-OH is 1. The molecule has 0 radical (unpaired) electrons. The van der Waals surface area contributed by atoms with Crippen LogP contribution in [0.5, 0.6) is 5.75 Å². The van der Waals surface area contributed by atoms with E-state index in [9.17, 15) is 14.3 Å². The Kier molecular flexibility index (Phi) is 4.25. The number of carbonyl (C=O) groups excluding carboxylic acids is 1. The van der Waals surface area contributed by atoms with Crippen LogP contribution in [-0.2, 0) is 16.2 Å². The van der Waals surface area contributed by atoms with E-state index in [1.807, 2.05) is 0 Å². The fourth-order valence-corrected chi connectivity index (χ4v) is 1.32. The number of hydrogen-bond donors (Lipinski definition) is 1. The van der Waals surface area contributed by atoms with Gasteiger partial charge < -0.3 is 14.6 Å². The van der Waals surface area contributed by atoms with Gasteiger partial charge in [-0.05, 0) is 17.7 Å². The van der Waals surface area contributed by atoms with Crippen LogP contribution in [0.25, 0.3) is 0 Å². The Hall–Kier alpha value is -1.62. The molecule has 0 amide bonds. The van der Waals surface area contributed by atoms with Gasteiger partial charge in [0, 0.05) is 5.56 Å². The highest BCUT2D eigenvalue weighted by atomic mass is 19.1. The molecule has 5 heteroatoms. The second-order valence-corrected chi connectivity index (χ2v) is 3.13. The lowest BCUT2D eigenvalue weighted by Gasteiger charge is -2.11. The summed E-state index contributed by atoms with van der Waals surface area (Å²) in [5.41, 5.74) is 0.559. The third kappa shape index (κ3) is 2.49. The fourth-order valence-electron chi connectivity index (χ4n) is 1.32. The number of aliphatic hydroxyl groups is 1. The fraction of sp³-hybridized carbons (Fsp3) is 0.364. The summed E-state index contributed by atoms with van der Waals surface area (Å²) in [7, 11) is 2.59.